The SMILES string of the molecule is Cc1c(CN2CCNCC2)cc(S(=O)(=O)F)c(C)c1I. The summed E-state index contributed by atoms with van der Waals surface area (Å²) in [5.74, 6) is 0. The van der Waals surface area contributed by atoms with E-state index < -0.39 is 10.2 Å². The van der Waals surface area contributed by atoms with Crippen LogP contribution in [0.1, 0.15) is 16.7 Å². The Labute approximate surface area is 133 Å². The smallest absolute Gasteiger partial charge is 0.314 e. The average Bonchev–Trinajstić information content (AvgIpc) is 2.39. The molecule has 1 heterocycles. The van der Waals surface area contributed by atoms with Crippen molar-refractivity contribution in [1.29, 1.82) is 0 Å². The minimum absolute atomic E-state index is 0.197. The van der Waals surface area contributed by atoms with Crippen LogP contribution in [-0.2, 0) is 16.8 Å². The van der Waals surface area contributed by atoms with Crippen molar-refractivity contribution >= 4 is 32.8 Å². The van der Waals surface area contributed by atoms with E-state index >= 15 is 0 Å². The average molecular weight is 412 g/mol. The van der Waals surface area contributed by atoms with Crippen molar-refractivity contribution in [1.82, 2.24) is 10.2 Å². The Kier molecular flexibility index (Phi) is 5.04. The van der Waals surface area contributed by atoms with Gasteiger partial charge in [0.2, 0.25) is 0 Å². The molecule has 1 aromatic carbocycles. The minimum atomic E-state index is -4.67. The van der Waals surface area contributed by atoms with E-state index in [4.69, 9.17) is 0 Å². The fourth-order valence-corrected chi connectivity index (χ4v) is 4.00. The quantitative estimate of drug-likeness (QED) is 0.610. The van der Waals surface area contributed by atoms with Crippen molar-refractivity contribution in [3.8, 4) is 0 Å². The molecule has 1 aromatic rings. The predicted molar refractivity (Wildman–Crippen MR) is 85.1 cm³/mol. The van der Waals surface area contributed by atoms with Gasteiger partial charge in [0.25, 0.3) is 0 Å². The molecule has 0 radical (unpaired) electrons. The highest BCUT2D eigenvalue weighted by Gasteiger charge is 2.21. The van der Waals surface area contributed by atoms with E-state index in [1.165, 1.54) is 6.07 Å². The first-order valence-electron chi connectivity index (χ1n) is 6.47. The highest BCUT2D eigenvalue weighted by atomic mass is 127. The van der Waals surface area contributed by atoms with Crippen LogP contribution in [0.3, 0.4) is 0 Å². The maximum atomic E-state index is 13.4. The zero-order valence-electron chi connectivity index (χ0n) is 11.5. The summed E-state index contributed by atoms with van der Waals surface area (Å²) in [7, 11) is -4.67. The normalized spacial score (nSPS) is 17.4. The topological polar surface area (TPSA) is 49.4 Å². The molecule has 1 fully saturated rings. The number of halogens is 2. The van der Waals surface area contributed by atoms with E-state index in [0.29, 0.717) is 12.1 Å². The molecule has 0 spiro atoms. The van der Waals surface area contributed by atoms with Gasteiger partial charge in [-0.25, -0.2) is 0 Å². The summed E-state index contributed by atoms with van der Waals surface area (Å²) in [4.78, 5) is 2.05. The third-order valence-corrected chi connectivity index (χ3v) is 6.25. The molecule has 2 rings (SSSR count). The molecule has 0 bridgehead atoms. The van der Waals surface area contributed by atoms with Crippen LogP contribution in [-0.4, -0.2) is 39.5 Å². The molecule has 1 aliphatic rings. The van der Waals surface area contributed by atoms with Gasteiger partial charge in [0.1, 0.15) is 4.90 Å². The zero-order chi connectivity index (χ0) is 14.9. The lowest BCUT2D eigenvalue weighted by Gasteiger charge is -2.28. The summed E-state index contributed by atoms with van der Waals surface area (Å²) in [6, 6.07) is 1.49. The second-order valence-corrected chi connectivity index (χ2v) is 7.46. The van der Waals surface area contributed by atoms with Crippen LogP contribution in [0.5, 0.6) is 0 Å². The molecule has 0 aliphatic carbocycles. The van der Waals surface area contributed by atoms with Gasteiger partial charge in [0.15, 0.2) is 0 Å². The van der Waals surface area contributed by atoms with Gasteiger partial charge < -0.3 is 5.32 Å². The number of benzene rings is 1. The fraction of sp³-hybridized carbons (Fsp3) is 0.538. The van der Waals surface area contributed by atoms with Crippen molar-refractivity contribution < 1.29 is 12.3 Å². The van der Waals surface area contributed by atoms with E-state index in [1.807, 2.05) is 6.92 Å². The Balaban J connectivity index is 2.40. The monoisotopic (exact) mass is 412 g/mol. The van der Waals surface area contributed by atoms with E-state index in [-0.39, 0.29) is 4.90 Å². The van der Waals surface area contributed by atoms with Crippen LogP contribution in [0.15, 0.2) is 11.0 Å². The molecule has 0 aromatic heterocycles. The van der Waals surface area contributed by atoms with Crippen molar-refractivity contribution in [3.05, 3.63) is 26.3 Å². The molecule has 0 amide bonds. The predicted octanol–water partition coefficient (Wildman–Crippen LogP) is 1.97. The lowest BCUT2D eigenvalue weighted by Crippen LogP contribution is -2.43. The maximum Gasteiger partial charge on any atom is 0.332 e. The fourth-order valence-electron chi connectivity index (χ4n) is 2.43. The van der Waals surface area contributed by atoms with Gasteiger partial charge in [0, 0.05) is 36.3 Å². The molecule has 1 saturated heterocycles. The van der Waals surface area contributed by atoms with Gasteiger partial charge in [0.05, 0.1) is 0 Å². The molecule has 112 valence electrons. The number of piperazine rings is 1. The molecule has 0 saturated carbocycles. The number of hydrogen-bond acceptors (Lipinski definition) is 4. The Morgan fingerprint density at radius 2 is 1.90 bits per heavy atom. The Hall–Kier alpha value is -0.250. The first-order chi connectivity index (χ1) is 9.30. The molecular weight excluding hydrogens is 394 g/mol. The molecule has 0 atom stereocenters. The van der Waals surface area contributed by atoms with E-state index in [1.54, 1.807) is 6.92 Å². The summed E-state index contributed by atoms with van der Waals surface area (Å²) in [6.45, 7) is 7.96. The summed E-state index contributed by atoms with van der Waals surface area (Å²) in [5.41, 5.74) is 2.42. The number of nitrogens with one attached hydrogen (secondary N) is 1. The Morgan fingerprint density at radius 1 is 1.30 bits per heavy atom. The molecule has 20 heavy (non-hydrogen) atoms. The summed E-state index contributed by atoms with van der Waals surface area (Å²) >= 11 is 2.09. The van der Waals surface area contributed by atoms with Crippen molar-refractivity contribution in [3.63, 3.8) is 0 Å². The van der Waals surface area contributed by atoms with Gasteiger partial charge in [-0.1, -0.05) is 0 Å². The van der Waals surface area contributed by atoms with Gasteiger partial charge in [-0.3, -0.25) is 4.90 Å². The van der Waals surface area contributed by atoms with E-state index in [9.17, 15) is 12.3 Å². The lowest BCUT2D eigenvalue weighted by atomic mass is 10.0. The van der Waals surface area contributed by atoms with Crippen molar-refractivity contribution in [2.24, 2.45) is 0 Å². The standard InChI is InChI=1S/C13H18FIN2O2S/c1-9-11(8-17-5-3-16-4-6-17)7-12(20(14,18)19)10(2)13(9)15/h7,16H,3-6,8H2,1-2H3. The van der Waals surface area contributed by atoms with Gasteiger partial charge >= 0.3 is 10.2 Å². The van der Waals surface area contributed by atoms with Crippen molar-refractivity contribution in [2.75, 3.05) is 26.2 Å². The highest BCUT2D eigenvalue weighted by molar-refractivity contribution is 14.1. The minimum Gasteiger partial charge on any atom is -0.314 e. The van der Waals surface area contributed by atoms with Crippen LogP contribution in [0, 0.1) is 17.4 Å². The summed E-state index contributed by atoms with van der Waals surface area (Å²) < 4.78 is 36.8. The molecular formula is C13H18FIN2O2S. The second-order valence-electron chi connectivity index (χ2n) is 5.06. The van der Waals surface area contributed by atoms with E-state index in [2.05, 4.69) is 32.8 Å². The summed E-state index contributed by atoms with van der Waals surface area (Å²) in [6.07, 6.45) is 0. The van der Waals surface area contributed by atoms with Gasteiger partial charge in [-0.2, -0.15) is 8.42 Å². The molecule has 0 unspecified atom stereocenters. The number of nitrogens with zero attached hydrogens (tertiary/aromatic N) is 1. The third kappa shape index (κ3) is 3.49. The largest absolute Gasteiger partial charge is 0.332 e. The van der Waals surface area contributed by atoms with E-state index in [0.717, 1.165) is 40.9 Å². The van der Waals surface area contributed by atoms with Crippen LogP contribution in [0.2, 0.25) is 0 Å². The van der Waals surface area contributed by atoms with Crippen LogP contribution >= 0.6 is 22.6 Å². The number of rotatable bonds is 3. The second kappa shape index (κ2) is 6.25. The molecule has 7 heteroatoms. The van der Waals surface area contributed by atoms with Crippen LogP contribution in [0.25, 0.3) is 0 Å². The Morgan fingerprint density at radius 3 is 2.45 bits per heavy atom. The molecule has 4 nitrogen and oxygen atoms in total. The lowest BCUT2D eigenvalue weighted by molar-refractivity contribution is 0.232. The maximum absolute atomic E-state index is 13.4. The van der Waals surface area contributed by atoms with Crippen molar-refractivity contribution in [2.45, 2.75) is 25.3 Å². The van der Waals surface area contributed by atoms with Crippen LogP contribution in [0.4, 0.5) is 3.89 Å². The summed E-state index contributed by atoms with van der Waals surface area (Å²) in [5, 5.41) is 3.27. The highest BCUT2D eigenvalue weighted by Crippen LogP contribution is 2.29. The third-order valence-electron chi connectivity index (χ3n) is 3.68. The molecule has 1 aliphatic heterocycles. The van der Waals surface area contributed by atoms with Gasteiger partial charge in [-0.15, -0.1) is 3.89 Å². The first-order valence-corrected chi connectivity index (χ1v) is 8.93. The molecule has 1 N–H and O–H groups in total. The van der Waals surface area contributed by atoms with Gasteiger partial charge in [-0.05, 0) is 59.2 Å². The Bertz CT molecular complexity index is 613. The van der Waals surface area contributed by atoms with Crippen LogP contribution < -0.4 is 5.32 Å². The first kappa shape index (κ1) is 16.1. The number of hydrogen-bond donors (Lipinski definition) is 1. The zero-order valence-corrected chi connectivity index (χ0v) is 14.5.